The van der Waals surface area contributed by atoms with E-state index in [9.17, 15) is 13.2 Å². The number of hydrogen-bond donors (Lipinski definition) is 0. The minimum absolute atomic E-state index is 0.352. The fraction of sp³-hybridized carbons (Fsp3) is 0. The van der Waals surface area contributed by atoms with Crippen LogP contribution >= 0.6 is 0 Å². The van der Waals surface area contributed by atoms with E-state index >= 15 is 0 Å². The Morgan fingerprint density at radius 1 is 0.882 bits per heavy atom. The molecule has 0 aliphatic heterocycles. The van der Waals surface area contributed by atoms with Crippen molar-refractivity contribution in [2.24, 2.45) is 4.99 Å². The second-order valence-electron chi connectivity index (χ2n) is 3.38. The highest BCUT2D eigenvalue weighted by Gasteiger charge is 2.08. The smallest absolute Gasteiger partial charge is 0.137 e. The van der Waals surface area contributed by atoms with Crippen molar-refractivity contribution in [3.8, 4) is 0 Å². The molecule has 0 N–H and O–H groups in total. The number of halogens is 3. The van der Waals surface area contributed by atoms with Crippen molar-refractivity contribution in [1.29, 1.82) is 0 Å². The molecule has 0 heterocycles. The van der Waals surface area contributed by atoms with Gasteiger partial charge in [-0.15, -0.1) is 0 Å². The first-order valence-electron chi connectivity index (χ1n) is 4.90. The molecule has 0 saturated carbocycles. The number of para-hydroxylation sites is 1. The topological polar surface area (TPSA) is 12.4 Å². The van der Waals surface area contributed by atoms with Crippen molar-refractivity contribution in [2.75, 3.05) is 0 Å². The Hall–Kier alpha value is -2.10. The van der Waals surface area contributed by atoms with E-state index in [4.69, 9.17) is 0 Å². The van der Waals surface area contributed by atoms with Gasteiger partial charge >= 0.3 is 0 Å². The van der Waals surface area contributed by atoms with Crippen LogP contribution in [0.4, 0.5) is 18.9 Å². The molecule has 2 aromatic carbocycles. The van der Waals surface area contributed by atoms with E-state index in [2.05, 4.69) is 4.99 Å². The standard InChI is InChI=1S/C13H8F3N/c14-9-6-12(15)11(13(16)7-9)8-17-10-4-2-1-3-5-10/h1-8H. The van der Waals surface area contributed by atoms with Crippen LogP contribution in [0.15, 0.2) is 47.5 Å². The summed E-state index contributed by atoms with van der Waals surface area (Å²) in [6.45, 7) is 0. The highest BCUT2D eigenvalue weighted by molar-refractivity contribution is 5.82. The summed E-state index contributed by atoms with van der Waals surface area (Å²) < 4.78 is 39.1. The van der Waals surface area contributed by atoms with Crippen molar-refractivity contribution in [1.82, 2.24) is 0 Å². The van der Waals surface area contributed by atoms with Gasteiger partial charge in [0.2, 0.25) is 0 Å². The Bertz CT molecular complexity index is 527. The average molecular weight is 235 g/mol. The molecule has 1 nitrogen and oxygen atoms in total. The molecule has 0 radical (unpaired) electrons. The zero-order chi connectivity index (χ0) is 12.3. The lowest BCUT2D eigenvalue weighted by Crippen LogP contribution is -1.95. The summed E-state index contributed by atoms with van der Waals surface area (Å²) >= 11 is 0. The SMILES string of the molecule is Fc1cc(F)c(C=Nc2ccccc2)c(F)c1. The fourth-order valence-corrected chi connectivity index (χ4v) is 1.33. The maximum Gasteiger partial charge on any atom is 0.137 e. The van der Waals surface area contributed by atoms with Crippen LogP contribution in [0.3, 0.4) is 0 Å². The molecule has 0 aliphatic carbocycles. The molecule has 17 heavy (non-hydrogen) atoms. The van der Waals surface area contributed by atoms with E-state index in [0.717, 1.165) is 6.21 Å². The molecule has 0 saturated heterocycles. The van der Waals surface area contributed by atoms with Crippen molar-refractivity contribution >= 4 is 11.9 Å². The van der Waals surface area contributed by atoms with E-state index < -0.39 is 17.5 Å². The first-order chi connectivity index (χ1) is 8.16. The summed E-state index contributed by atoms with van der Waals surface area (Å²) in [6, 6.07) is 9.93. The van der Waals surface area contributed by atoms with E-state index in [1.165, 1.54) is 0 Å². The summed E-state index contributed by atoms with van der Waals surface area (Å²) in [5.41, 5.74) is 0.214. The van der Waals surface area contributed by atoms with Crippen LogP contribution in [0.1, 0.15) is 5.56 Å². The van der Waals surface area contributed by atoms with Gasteiger partial charge in [-0.2, -0.15) is 0 Å². The molecular formula is C13H8F3N. The van der Waals surface area contributed by atoms with Gasteiger partial charge in [-0.3, -0.25) is 4.99 Å². The monoisotopic (exact) mass is 235 g/mol. The first kappa shape index (κ1) is 11.4. The zero-order valence-corrected chi connectivity index (χ0v) is 8.70. The highest BCUT2D eigenvalue weighted by Crippen LogP contribution is 2.15. The number of nitrogens with zero attached hydrogens (tertiary/aromatic N) is 1. The van der Waals surface area contributed by atoms with Crippen molar-refractivity contribution in [3.63, 3.8) is 0 Å². The normalized spacial score (nSPS) is 11.0. The van der Waals surface area contributed by atoms with Gasteiger partial charge in [0, 0.05) is 18.3 Å². The van der Waals surface area contributed by atoms with Gasteiger partial charge in [-0.1, -0.05) is 18.2 Å². The lowest BCUT2D eigenvalue weighted by atomic mass is 10.2. The zero-order valence-electron chi connectivity index (χ0n) is 8.70. The van der Waals surface area contributed by atoms with Gasteiger partial charge in [-0.05, 0) is 12.1 Å². The van der Waals surface area contributed by atoms with E-state index in [1.54, 1.807) is 30.3 Å². The minimum Gasteiger partial charge on any atom is -0.256 e. The maximum absolute atomic E-state index is 13.2. The van der Waals surface area contributed by atoms with Crippen LogP contribution in [0.5, 0.6) is 0 Å². The van der Waals surface area contributed by atoms with E-state index in [1.807, 2.05) is 0 Å². The van der Waals surface area contributed by atoms with Gasteiger partial charge in [0.15, 0.2) is 0 Å². The summed E-state index contributed by atoms with van der Waals surface area (Å²) in [7, 11) is 0. The third-order valence-corrected chi connectivity index (χ3v) is 2.14. The average Bonchev–Trinajstić information content (AvgIpc) is 2.29. The van der Waals surface area contributed by atoms with Crippen LogP contribution in [0, 0.1) is 17.5 Å². The Labute approximate surface area is 96.2 Å². The van der Waals surface area contributed by atoms with Crippen LogP contribution in [-0.4, -0.2) is 6.21 Å². The van der Waals surface area contributed by atoms with Crippen LogP contribution in [0.2, 0.25) is 0 Å². The molecule has 86 valence electrons. The minimum atomic E-state index is -0.970. The molecule has 0 amide bonds. The molecule has 0 aliphatic rings. The predicted molar refractivity (Wildman–Crippen MR) is 60.0 cm³/mol. The number of aliphatic imine (C=N–C) groups is 1. The lowest BCUT2D eigenvalue weighted by molar-refractivity contribution is 0.541. The quantitative estimate of drug-likeness (QED) is 0.701. The van der Waals surface area contributed by atoms with Gasteiger partial charge < -0.3 is 0 Å². The molecule has 0 bridgehead atoms. The molecule has 0 spiro atoms. The Morgan fingerprint density at radius 2 is 1.47 bits per heavy atom. The van der Waals surface area contributed by atoms with E-state index in [-0.39, 0.29) is 5.56 Å². The first-order valence-corrected chi connectivity index (χ1v) is 4.90. The lowest BCUT2D eigenvalue weighted by Gasteiger charge is -1.99. The summed E-state index contributed by atoms with van der Waals surface area (Å²) in [5, 5.41) is 0. The van der Waals surface area contributed by atoms with Crippen molar-refractivity contribution in [2.45, 2.75) is 0 Å². The maximum atomic E-state index is 13.2. The summed E-state index contributed by atoms with van der Waals surface area (Å²) in [6.07, 6.45) is 1.04. The van der Waals surface area contributed by atoms with Crippen LogP contribution < -0.4 is 0 Å². The van der Waals surface area contributed by atoms with E-state index in [0.29, 0.717) is 17.8 Å². The highest BCUT2D eigenvalue weighted by atomic mass is 19.1. The van der Waals surface area contributed by atoms with Gasteiger partial charge in [-0.25, -0.2) is 13.2 Å². The molecule has 0 aromatic heterocycles. The Balaban J connectivity index is 2.34. The van der Waals surface area contributed by atoms with Crippen LogP contribution in [0.25, 0.3) is 0 Å². The number of hydrogen-bond acceptors (Lipinski definition) is 1. The molecule has 4 heteroatoms. The summed E-state index contributed by atoms with van der Waals surface area (Å²) in [4.78, 5) is 3.90. The molecule has 0 atom stereocenters. The molecular weight excluding hydrogens is 227 g/mol. The third kappa shape index (κ3) is 2.72. The van der Waals surface area contributed by atoms with Crippen molar-refractivity contribution < 1.29 is 13.2 Å². The largest absolute Gasteiger partial charge is 0.256 e. The Morgan fingerprint density at radius 3 is 2.06 bits per heavy atom. The number of benzene rings is 2. The number of rotatable bonds is 2. The molecule has 0 unspecified atom stereocenters. The molecule has 2 aromatic rings. The van der Waals surface area contributed by atoms with Crippen molar-refractivity contribution in [3.05, 3.63) is 65.5 Å². The second-order valence-corrected chi connectivity index (χ2v) is 3.38. The third-order valence-electron chi connectivity index (χ3n) is 2.14. The Kier molecular flexibility index (Phi) is 3.23. The van der Waals surface area contributed by atoms with Gasteiger partial charge in [0.1, 0.15) is 17.5 Å². The van der Waals surface area contributed by atoms with Crippen LogP contribution in [-0.2, 0) is 0 Å². The van der Waals surface area contributed by atoms with Gasteiger partial charge in [0.25, 0.3) is 0 Å². The molecule has 0 fully saturated rings. The predicted octanol–water partition coefficient (Wildman–Crippen LogP) is 3.85. The van der Waals surface area contributed by atoms with Gasteiger partial charge in [0.05, 0.1) is 11.3 Å². The second kappa shape index (κ2) is 4.82. The fourth-order valence-electron chi connectivity index (χ4n) is 1.33. The summed E-state index contributed by atoms with van der Waals surface area (Å²) in [5.74, 6) is -2.89. The molecule has 2 rings (SSSR count).